The van der Waals surface area contributed by atoms with E-state index < -0.39 is 0 Å². The van der Waals surface area contributed by atoms with Crippen molar-refractivity contribution in [2.75, 3.05) is 30.8 Å². The third-order valence-electron chi connectivity index (χ3n) is 4.72. The Morgan fingerprint density at radius 2 is 1.72 bits per heavy atom. The van der Waals surface area contributed by atoms with Crippen LogP contribution in [-0.2, 0) is 9.59 Å². The molecule has 2 aromatic rings. The van der Waals surface area contributed by atoms with Gasteiger partial charge in [0.15, 0.2) is 13.1 Å². The van der Waals surface area contributed by atoms with E-state index in [0.717, 1.165) is 26.8 Å². The molecule has 0 fully saturated rings. The normalized spacial score (nSPS) is 17.4. The maximum Gasteiger partial charge on any atom is 0.282 e. The molecule has 3 rings (SSSR count). The number of carbonyl (C=O) groups excluding carboxylic acids is 2. The molecule has 0 aliphatic carbocycles. The molecule has 0 saturated heterocycles. The average molecular weight is 413 g/mol. The summed E-state index contributed by atoms with van der Waals surface area (Å²) in [7, 11) is 1.89. The first-order chi connectivity index (χ1) is 13.7. The Kier molecular flexibility index (Phi) is 6.65. The van der Waals surface area contributed by atoms with Crippen molar-refractivity contribution in [2.24, 2.45) is 0 Å². The standard InChI is InChI=1S/C23H29N3O2S/c1-23(2,3)24-21(27)14-25(4)15-22(28)26-18-12-8-9-13-20(18)29-16-19(26)17-10-6-5-7-11-17/h5-13,19H,14-16H2,1-4H3,(H,24,27)/p+1/t19-/m0/s1. The summed E-state index contributed by atoms with van der Waals surface area (Å²) in [4.78, 5) is 29.6. The van der Waals surface area contributed by atoms with E-state index in [1.54, 1.807) is 11.8 Å². The predicted molar refractivity (Wildman–Crippen MR) is 118 cm³/mol. The highest BCUT2D eigenvalue weighted by Crippen LogP contribution is 2.42. The maximum atomic E-state index is 13.4. The van der Waals surface area contributed by atoms with Gasteiger partial charge in [0.05, 0.1) is 18.8 Å². The van der Waals surface area contributed by atoms with Crippen LogP contribution >= 0.6 is 11.8 Å². The van der Waals surface area contributed by atoms with Crippen LogP contribution < -0.4 is 15.1 Å². The number of thioether (sulfide) groups is 1. The number of para-hydroxylation sites is 1. The fraction of sp³-hybridized carbons (Fsp3) is 0.391. The van der Waals surface area contributed by atoms with E-state index in [-0.39, 0.29) is 36.5 Å². The van der Waals surface area contributed by atoms with Crippen LogP contribution in [0, 0.1) is 0 Å². The second-order valence-electron chi connectivity index (χ2n) is 8.58. The highest BCUT2D eigenvalue weighted by Gasteiger charge is 2.34. The number of likely N-dealkylation sites (N-methyl/N-ethyl adjacent to an activating group) is 1. The molecular weight excluding hydrogens is 382 g/mol. The number of quaternary nitrogens is 1. The largest absolute Gasteiger partial charge is 0.347 e. The molecule has 1 aliphatic heterocycles. The number of nitrogens with zero attached hydrogens (tertiary/aromatic N) is 1. The number of carbonyl (C=O) groups is 2. The summed E-state index contributed by atoms with van der Waals surface area (Å²) in [5.41, 5.74) is 1.81. The Labute approximate surface area is 177 Å². The molecule has 1 unspecified atom stereocenters. The molecule has 1 heterocycles. The zero-order valence-electron chi connectivity index (χ0n) is 17.6. The molecule has 2 amide bonds. The lowest BCUT2D eigenvalue weighted by molar-refractivity contribution is -0.862. The lowest BCUT2D eigenvalue weighted by atomic mass is 10.1. The molecule has 0 radical (unpaired) electrons. The first-order valence-corrected chi connectivity index (χ1v) is 10.9. The molecule has 0 saturated carbocycles. The number of hydrogen-bond acceptors (Lipinski definition) is 3. The number of rotatable bonds is 5. The van der Waals surface area contributed by atoms with Crippen LogP contribution in [0.15, 0.2) is 59.5 Å². The lowest BCUT2D eigenvalue weighted by Gasteiger charge is -2.37. The average Bonchev–Trinajstić information content (AvgIpc) is 2.65. The van der Waals surface area contributed by atoms with Gasteiger partial charge < -0.3 is 10.2 Å². The van der Waals surface area contributed by atoms with Crippen LogP contribution in [0.2, 0.25) is 0 Å². The topological polar surface area (TPSA) is 53.9 Å². The second kappa shape index (κ2) is 9.01. The van der Waals surface area contributed by atoms with Crippen molar-refractivity contribution in [3.63, 3.8) is 0 Å². The number of anilines is 1. The Hall–Kier alpha value is -2.31. The van der Waals surface area contributed by atoms with Crippen molar-refractivity contribution >= 4 is 29.3 Å². The van der Waals surface area contributed by atoms with Gasteiger partial charge >= 0.3 is 0 Å². The van der Waals surface area contributed by atoms with Crippen molar-refractivity contribution in [2.45, 2.75) is 37.2 Å². The monoisotopic (exact) mass is 412 g/mol. The Morgan fingerprint density at radius 1 is 1.07 bits per heavy atom. The highest BCUT2D eigenvalue weighted by atomic mass is 32.2. The number of benzene rings is 2. The molecule has 29 heavy (non-hydrogen) atoms. The van der Waals surface area contributed by atoms with Gasteiger partial charge in [-0.05, 0) is 38.5 Å². The molecule has 2 aromatic carbocycles. The molecule has 6 heteroatoms. The van der Waals surface area contributed by atoms with Gasteiger partial charge in [0, 0.05) is 16.2 Å². The molecule has 1 aliphatic rings. The van der Waals surface area contributed by atoms with Crippen LogP contribution in [0.1, 0.15) is 32.4 Å². The zero-order valence-corrected chi connectivity index (χ0v) is 18.4. The molecular formula is C23H30N3O2S+. The maximum absolute atomic E-state index is 13.4. The summed E-state index contributed by atoms with van der Waals surface area (Å²) < 4.78 is 0. The minimum atomic E-state index is -0.275. The van der Waals surface area contributed by atoms with Gasteiger partial charge in [-0.3, -0.25) is 14.5 Å². The van der Waals surface area contributed by atoms with Crippen LogP contribution in [-0.4, -0.2) is 43.2 Å². The van der Waals surface area contributed by atoms with Gasteiger partial charge in [-0.1, -0.05) is 42.5 Å². The summed E-state index contributed by atoms with van der Waals surface area (Å²) in [5, 5.41) is 2.97. The summed E-state index contributed by atoms with van der Waals surface area (Å²) >= 11 is 1.78. The molecule has 0 aromatic heterocycles. The molecule has 2 N–H and O–H groups in total. The van der Waals surface area contributed by atoms with Crippen molar-refractivity contribution in [3.05, 3.63) is 60.2 Å². The third-order valence-corrected chi connectivity index (χ3v) is 5.85. The van der Waals surface area contributed by atoms with Crippen LogP contribution in [0.4, 0.5) is 5.69 Å². The van der Waals surface area contributed by atoms with Crippen molar-refractivity contribution in [1.82, 2.24) is 5.32 Å². The van der Waals surface area contributed by atoms with Gasteiger partial charge in [0.25, 0.3) is 11.8 Å². The van der Waals surface area contributed by atoms with Gasteiger partial charge in [-0.15, -0.1) is 11.8 Å². The summed E-state index contributed by atoms with van der Waals surface area (Å²) in [6, 6.07) is 18.2. The van der Waals surface area contributed by atoms with Crippen LogP contribution in [0.5, 0.6) is 0 Å². The highest BCUT2D eigenvalue weighted by molar-refractivity contribution is 7.99. The van der Waals surface area contributed by atoms with E-state index in [0.29, 0.717) is 0 Å². The molecule has 154 valence electrons. The Morgan fingerprint density at radius 3 is 2.41 bits per heavy atom. The second-order valence-corrected chi connectivity index (χ2v) is 9.64. The van der Waals surface area contributed by atoms with Gasteiger partial charge in [0.2, 0.25) is 0 Å². The Balaban J connectivity index is 1.79. The predicted octanol–water partition coefficient (Wildman–Crippen LogP) is 2.30. The molecule has 5 nitrogen and oxygen atoms in total. The van der Waals surface area contributed by atoms with E-state index in [1.165, 1.54) is 0 Å². The van der Waals surface area contributed by atoms with E-state index in [9.17, 15) is 9.59 Å². The summed E-state index contributed by atoms with van der Waals surface area (Å²) in [5.74, 6) is 0.806. The van der Waals surface area contributed by atoms with Crippen LogP contribution in [0.25, 0.3) is 0 Å². The molecule has 2 atom stereocenters. The van der Waals surface area contributed by atoms with Crippen molar-refractivity contribution < 1.29 is 14.5 Å². The minimum Gasteiger partial charge on any atom is -0.347 e. The smallest absolute Gasteiger partial charge is 0.282 e. The molecule has 0 spiro atoms. The van der Waals surface area contributed by atoms with Gasteiger partial charge in [0.1, 0.15) is 0 Å². The van der Waals surface area contributed by atoms with Crippen LogP contribution in [0.3, 0.4) is 0 Å². The van der Waals surface area contributed by atoms with Crippen molar-refractivity contribution in [3.8, 4) is 0 Å². The Bertz CT molecular complexity index is 864. The SMILES string of the molecule is C[NH+](CC(=O)NC(C)(C)C)CC(=O)N1c2ccccc2SC[C@H]1c1ccccc1. The fourth-order valence-electron chi connectivity index (χ4n) is 3.56. The first kappa shape index (κ1) is 21.4. The number of hydrogen-bond donors (Lipinski definition) is 2. The van der Waals surface area contributed by atoms with E-state index in [4.69, 9.17) is 0 Å². The first-order valence-electron chi connectivity index (χ1n) is 9.96. The van der Waals surface area contributed by atoms with Crippen molar-refractivity contribution in [1.29, 1.82) is 0 Å². The number of amides is 2. The lowest BCUT2D eigenvalue weighted by Crippen LogP contribution is -3.11. The quantitative estimate of drug-likeness (QED) is 0.792. The number of fused-ring (bicyclic) bond motifs is 1. The summed E-state index contributed by atoms with van der Waals surface area (Å²) in [6.07, 6.45) is 0. The third kappa shape index (κ3) is 5.61. The molecule has 0 bridgehead atoms. The summed E-state index contributed by atoms with van der Waals surface area (Å²) in [6.45, 7) is 6.40. The minimum absolute atomic E-state index is 0.0141. The van der Waals surface area contributed by atoms with Gasteiger partial charge in [-0.25, -0.2) is 0 Å². The zero-order chi connectivity index (χ0) is 21.0. The van der Waals surface area contributed by atoms with E-state index in [2.05, 4.69) is 23.5 Å². The number of nitrogens with one attached hydrogen (secondary N) is 2. The van der Waals surface area contributed by atoms with E-state index in [1.807, 2.05) is 69.1 Å². The van der Waals surface area contributed by atoms with Gasteiger partial charge in [-0.2, -0.15) is 0 Å². The van der Waals surface area contributed by atoms with E-state index >= 15 is 0 Å². The fourth-order valence-corrected chi connectivity index (χ4v) is 4.73.